The maximum absolute atomic E-state index is 13.8. The molecule has 0 fully saturated rings. The molecule has 4 rings (SSSR count). The Morgan fingerprint density at radius 3 is 2.69 bits per heavy atom. The number of carbonyl (C=O) groups excluding carboxylic acids is 1. The van der Waals surface area contributed by atoms with E-state index in [4.69, 9.17) is 4.74 Å². The summed E-state index contributed by atoms with van der Waals surface area (Å²) in [5, 5.41) is 11.7. The van der Waals surface area contributed by atoms with Crippen LogP contribution in [0.2, 0.25) is 0 Å². The van der Waals surface area contributed by atoms with Gasteiger partial charge in [-0.2, -0.15) is 0 Å². The Kier molecular flexibility index (Phi) is 6.76. The monoisotopic (exact) mass is 449 g/mol. The van der Waals surface area contributed by atoms with Crippen LogP contribution in [0.4, 0.5) is 10.1 Å². The number of carbonyl (C=O) groups is 1. The van der Waals surface area contributed by atoms with Gasteiger partial charge in [-0.05, 0) is 43.3 Å². The second kappa shape index (κ2) is 10.1. The van der Waals surface area contributed by atoms with E-state index in [1.807, 2.05) is 47.9 Å². The molecule has 7 nitrogen and oxygen atoms in total. The number of nitrogens with zero attached hydrogens (tertiary/aromatic N) is 4. The number of amides is 1. The van der Waals surface area contributed by atoms with Gasteiger partial charge in [-0.3, -0.25) is 14.3 Å². The van der Waals surface area contributed by atoms with E-state index < -0.39 is 5.82 Å². The van der Waals surface area contributed by atoms with Gasteiger partial charge in [0.25, 0.3) is 0 Å². The fourth-order valence-electron chi connectivity index (χ4n) is 3.06. The van der Waals surface area contributed by atoms with Gasteiger partial charge in [-0.1, -0.05) is 36.0 Å². The second-order valence-electron chi connectivity index (χ2n) is 6.60. The van der Waals surface area contributed by atoms with Crippen LogP contribution in [0.5, 0.6) is 5.75 Å². The number of thioether (sulfide) groups is 1. The van der Waals surface area contributed by atoms with E-state index in [0.717, 1.165) is 11.3 Å². The molecule has 0 aliphatic rings. The minimum atomic E-state index is -0.487. The molecule has 162 valence electrons. The third-order valence-electron chi connectivity index (χ3n) is 4.44. The molecule has 32 heavy (non-hydrogen) atoms. The number of ether oxygens (including phenoxy) is 1. The Labute approximate surface area is 188 Å². The average molecular weight is 450 g/mol. The number of benzene rings is 2. The zero-order valence-corrected chi connectivity index (χ0v) is 18.1. The standard InChI is InChI=1S/C23H20FN5O2S/c1-2-31-20-12-6-5-11-19(20)29-22(16-8-7-13-25-14-16)27-28-23(29)32-15-21(30)26-18-10-4-3-9-17(18)24/h3-14H,2,15H2,1H3,(H,26,30). The SMILES string of the molecule is CCOc1ccccc1-n1c(SCC(=O)Nc2ccccc2F)nnc1-c1cccnc1. The summed E-state index contributed by atoms with van der Waals surface area (Å²) >= 11 is 1.20. The van der Waals surface area contributed by atoms with Gasteiger partial charge in [0.1, 0.15) is 11.6 Å². The van der Waals surface area contributed by atoms with Crippen molar-refractivity contribution in [1.29, 1.82) is 0 Å². The number of pyridine rings is 1. The van der Waals surface area contributed by atoms with E-state index in [-0.39, 0.29) is 17.3 Å². The smallest absolute Gasteiger partial charge is 0.234 e. The summed E-state index contributed by atoms with van der Waals surface area (Å²) in [4.78, 5) is 16.6. The largest absolute Gasteiger partial charge is 0.492 e. The van der Waals surface area contributed by atoms with Crippen molar-refractivity contribution in [2.75, 3.05) is 17.7 Å². The number of hydrogen-bond acceptors (Lipinski definition) is 6. The molecular formula is C23H20FN5O2S. The summed E-state index contributed by atoms with van der Waals surface area (Å²) in [5.74, 6) is 0.421. The van der Waals surface area contributed by atoms with E-state index in [0.29, 0.717) is 23.3 Å². The highest BCUT2D eigenvalue weighted by molar-refractivity contribution is 7.99. The molecular weight excluding hydrogens is 429 g/mol. The van der Waals surface area contributed by atoms with Crippen molar-refractivity contribution in [3.8, 4) is 22.8 Å². The average Bonchev–Trinajstić information content (AvgIpc) is 3.24. The number of nitrogens with one attached hydrogen (secondary N) is 1. The number of hydrogen-bond donors (Lipinski definition) is 1. The molecule has 0 bridgehead atoms. The predicted octanol–water partition coefficient (Wildman–Crippen LogP) is 4.60. The summed E-state index contributed by atoms with van der Waals surface area (Å²) in [6.45, 7) is 2.41. The van der Waals surface area contributed by atoms with Gasteiger partial charge in [-0.25, -0.2) is 4.39 Å². The molecule has 2 aromatic carbocycles. The molecule has 2 heterocycles. The summed E-state index contributed by atoms with van der Waals surface area (Å²) in [6, 6.07) is 17.3. The minimum Gasteiger partial charge on any atom is -0.492 e. The van der Waals surface area contributed by atoms with Crippen LogP contribution in [0.1, 0.15) is 6.92 Å². The lowest BCUT2D eigenvalue weighted by Gasteiger charge is -2.14. The van der Waals surface area contributed by atoms with Crippen LogP contribution in [-0.4, -0.2) is 38.0 Å². The Morgan fingerprint density at radius 1 is 1.09 bits per heavy atom. The number of anilines is 1. The molecule has 0 saturated carbocycles. The van der Waals surface area contributed by atoms with Gasteiger partial charge in [0.15, 0.2) is 11.0 Å². The van der Waals surface area contributed by atoms with Crippen LogP contribution < -0.4 is 10.1 Å². The van der Waals surface area contributed by atoms with E-state index in [1.165, 1.54) is 23.9 Å². The number of para-hydroxylation sites is 3. The second-order valence-corrected chi connectivity index (χ2v) is 7.54. The van der Waals surface area contributed by atoms with Crippen molar-refractivity contribution >= 4 is 23.4 Å². The Morgan fingerprint density at radius 2 is 1.91 bits per heavy atom. The molecule has 0 saturated heterocycles. The first-order valence-corrected chi connectivity index (χ1v) is 10.9. The third-order valence-corrected chi connectivity index (χ3v) is 5.37. The molecule has 1 N–H and O–H groups in total. The van der Waals surface area contributed by atoms with Gasteiger partial charge < -0.3 is 10.1 Å². The lowest BCUT2D eigenvalue weighted by atomic mass is 10.2. The molecule has 0 aliphatic carbocycles. The lowest BCUT2D eigenvalue weighted by molar-refractivity contribution is -0.113. The van der Waals surface area contributed by atoms with Crippen molar-refractivity contribution in [1.82, 2.24) is 19.7 Å². The quantitative estimate of drug-likeness (QED) is 0.396. The van der Waals surface area contributed by atoms with Gasteiger partial charge >= 0.3 is 0 Å². The molecule has 9 heteroatoms. The van der Waals surface area contributed by atoms with E-state index >= 15 is 0 Å². The van der Waals surface area contributed by atoms with Crippen molar-refractivity contribution < 1.29 is 13.9 Å². The summed E-state index contributed by atoms with van der Waals surface area (Å²) < 4.78 is 21.5. The normalized spacial score (nSPS) is 10.7. The molecule has 0 radical (unpaired) electrons. The van der Waals surface area contributed by atoms with E-state index in [2.05, 4.69) is 20.5 Å². The summed E-state index contributed by atoms with van der Waals surface area (Å²) in [5.41, 5.74) is 1.65. The van der Waals surface area contributed by atoms with Crippen LogP contribution in [0.3, 0.4) is 0 Å². The molecule has 0 spiro atoms. The van der Waals surface area contributed by atoms with E-state index in [1.54, 1.807) is 24.5 Å². The Bertz CT molecular complexity index is 1220. The third kappa shape index (κ3) is 4.78. The fourth-order valence-corrected chi connectivity index (χ4v) is 3.81. The van der Waals surface area contributed by atoms with Crippen molar-refractivity contribution in [2.45, 2.75) is 12.1 Å². The minimum absolute atomic E-state index is 0.0241. The van der Waals surface area contributed by atoms with Crippen LogP contribution in [0.15, 0.2) is 78.2 Å². The number of halogens is 1. The summed E-state index contributed by atoms with van der Waals surface area (Å²) in [7, 11) is 0. The Balaban J connectivity index is 1.65. The zero-order valence-electron chi connectivity index (χ0n) is 17.2. The highest BCUT2D eigenvalue weighted by Gasteiger charge is 2.20. The lowest BCUT2D eigenvalue weighted by Crippen LogP contribution is -2.15. The van der Waals surface area contributed by atoms with Gasteiger partial charge in [0.05, 0.1) is 23.7 Å². The van der Waals surface area contributed by atoms with Crippen LogP contribution in [0.25, 0.3) is 17.1 Å². The number of rotatable bonds is 8. The first kappa shape index (κ1) is 21.5. The van der Waals surface area contributed by atoms with Crippen molar-refractivity contribution in [3.05, 3.63) is 78.9 Å². The van der Waals surface area contributed by atoms with E-state index in [9.17, 15) is 9.18 Å². The Hall–Kier alpha value is -3.72. The first-order chi connectivity index (χ1) is 15.7. The zero-order chi connectivity index (χ0) is 22.3. The first-order valence-electron chi connectivity index (χ1n) is 9.92. The molecule has 0 aliphatic heterocycles. The molecule has 0 unspecified atom stereocenters. The van der Waals surface area contributed by atoms with Gasteiger partial charge in [0.2, 0.25) is 5.91 Å². The van der Waals surface area contributed by atoms with Crippen LogP contribution in [0, 0.1) is 5.82 Å². The van der Waals surface area contributed by atoms with Crippen LogP contribution in [-0.2, 0) is 4.79 Å². The molecule has 4 aromatic rings. The molecule has 2 aromatic heterocycles. The number of aromatic nitrogens is 4. The highest BCUT2D eigenvalue weighted by Crippen LogP contribution is 2.32. The van der Waals surface area contributed by atoms with Gasteiger partial charge in [0, 0.05) is 18.0 Å². The van der Waals surface area contributed by atoms with Crippen molar-refractivity contribution in [3.63, 3.8) is 0 Å². The topological polar surface area (TPSA) is 81.9 Å². The van der Waals surface area contributed by atoms with Crippen molar-refractivity contribution in [2.24, 2.45) is 0 Å². The predicted molar refractivity (Wildman–Crippen MR) is 122 cm³/mol. The summed E-state index contributed by atoms with van der Waals surface area (Å²) in [6.07, 6.45) is 3.38. The van der Waals surface area contributed by atoms with Crippen LogP contribution >= 0.6 is 11.8 Å². The maximum Gasteiger partial charge on any atom is 0.234 e. The molecule has 0 atom stereocenters. The fraction of sp³-hybridized carbons (Fsp3) is 0.130. The maximum atomic E-state index is 13.8. The molecule has 1 amide bonds. The highest BCUT2D eigenvalue weighted by atomic mass is 32.2. The van der Waals surface area contributed by atoms with Gasteiger partial charge in [-0.15, -0.1) is 10.2 Å².